The lowest BCUT2D eigenvalue weighted by atomic mass is 10.8. The van der Waals surface area contributed by atoms with E-state index in [2.05, 4.69) is 9.47 Å². The zero-order chi connectivity index (χ0) is 8.53. The second-order valence-corrected chi connectivity index (χ2v) is 1.59. The highest BCUT2D eigenvalue weighted by Gasteiger charge is 1.88. The van der Waals surface area contributed by atoms with Gasteiger partial charge in [-0.2, -0.15) is 8.78 Å². The molecule has 0 amide bonds. The van der Waals surface area contributed by atoms with Gasteiger partial charge in [0.25, 0.3) is 0 Å². The summed E-state index contributed by atoms with van der Waals surface area (Å²) >= 11 is 0. The molecule has 5 heteroatoms. The van der Waals surface area contributed by atoms with E-state index < -0.39 is 6.08 Å². The molecule has 0 N–H and O–H groups in total. The fraction of sp³-hybridized carbons (Fsp3) is 0.667. The number of hydrogen-bond donors (Lipinski definition) is 0. The van der Waals surface area contributed by atoms with Crippen molar-refractivity contribution in [3.8, 4) is 0 Å². The summed E-state index contributed by atoms with van der Waals surface area (Å²) in [5, 5.41) is 0. The third-order valence-corrected chi connectivity index (χ3v) is 0.756. The Bertz CT molecular complexity index is 112. The van der Waals surface area contributed by atoms with E-state index in [4.69, 9.17) is 4.74 Å². The summed E-state index contributed by atoms with van der Waals surface area (Å²) in [5.74, 6) is 0. The molecule has 0 radical (unpaired) electrons. The van der Waals surface area contributed by atoms with Gasteiger partial charge in [-0.1, -0.05) is 0 Å². The standard InChI is InChI=1S/C6H10F2O3/c1-9-2-3-10-5-11-4-6(7)8/h4H,2-3,5H2,1H3. The lowest BCUT2D eigenvalue weighted by Gasteiger charge is -2.01. The Kier molecular flexibility index (Phi) is 6.97. The second-order valence-electron chi connectivity index (χ2n) is 1.59. The molecule has 0 saturated carbocycles. The van der Waals surface area contributed by atoms with E-state index in [9.17, 15) is 8.78 Å². The Labute approximate surface area is 63.5 Å². The van der Waals surface area contributed by atoms with Crippen molar-refractivity contribution < 1.29 is 23.0 Å². The normalized spacial score (nSPS) is 9.36. The summed E-state index contributed by atoms with van der Waals surface area (Å²) < 4.78 is 36.1. The van der Waals surface area contributed by atoms with Crippen molar-refractivity contribution in [3.63, 3.8) is 0 Å². The molecular formula is C6H10F2O3. The maximum absolute atomic E-state index is 11.3. The van der Waals surface area contributed by atoms with Crippen LogP contribution in [0.1, 0.15) is 0 Å². The second kappa shape index (κ2) is 7.43. The third-order valence-electron chi connectivity index (χ3n) is 0.756. The third kappa shape index (κ3) is 9.32. The highest BCUT2D eigenvalue weighted by molar-refractivity contribution is 4.68. The van der Waals surface area contributed by atoms with Crippen LogP contribution in [0.15, 0.2) is 12.3 Å². The SMILES string of the molecule is COCCOCOC=C(F)F. The molecule has 0 bridgehead atoms. The van der Waals surface area contributed by atoms with Crippen molar-refractivity contribution >= 4 is 0 Å². The topological polar surface area (TPSA) is 27.7 Å². The Balaban J connectivity index is 2.97. The number of rotatable bonds is 6. The molecule has 0 heterocycles. The first kappa shape index (κ1) is 10.3. The van der Waals surface area contributed by atoms with Crippen molar-refractivity contribution in [3.05, 3.63) is 12.3 Å². The molecule has 0 aromatic carbocycles. The molecule has 0 aromatic heterocycles. The average Bonchev–Trinajstić information content (AvgIpc) is 1.96. The van der Waals surface area contributed by atoms with Gasteiger partial charge in [-0.3, -0.25) is 0 Å². The van der Waals surface area contributed by atoms with Gasteiger partial charge in [-0.25, -0.2) is 0 Å². The van der Waals surface area contributed by atoms with Gasteiger partial charge in [-0.05, 0) is 0 Å². The zero-order valence-electron chi connectivity index (χ0n) is 6.18. The van der Waals surface area contributed by atoms with Gasteiger partial charge in [0.1, 0.15) is 0 Å². The molecule has 0 rings (SSSR count). The molecule has 0 aliphatic carbocycles. The summed E-state index contributed by atoms with van der Waals surface area (Å²) in [7, 11) is 1.52. The molecule has 11 heavy (non-hydrogen) atoms. The average molecular weight is 168 g/mol. The monoisotopic (exact) mass is 168 g/mol. The van der Waals surface area contributed by atoms with Crippen LogP contribution in [0, 0.1) is 0 Å². The van der Waals surface area contributed by atoms with Crippen LogP contribution in [-0.4, -0.2) is 27.1 Å². The van der Waals surface area contributed by atoms with Crippen LogP contribution < -0.4 is 0 Å². The predicted octanol–water partition coefficient (Wildman–Crippen LogP) is 1.36. The van der Waals surface area contributed by atoms with Crippen LogP contribution in [0.25, 0.3) is 0 Å². The van der Waals surface area contributed by atoms with Crippen LogP contribution in [0.3, 0.4) is 0 Å². The Morgan fingerprint density at radius 2 is 2.09 bits per heavy atom. The first-order chi connectivity index (χ1) is 5.27. The first-order valence-corrected chi connectivity index (χ1v) is 2.97. The van der Waals surface area contributed by atoms with Crippen molar-refractivity contribution in [2.24, 2.45) is 0 Å². The Hall–Kier alpha value is -0.680. The summed E-state index contributed by atoms with van der Waals surface area (Å²) in [6, 6.07) is 0. The maximum atomic E-state index is 11.3. The minimum Gasteiger partial charge on any atom is -0.470 e. The van der Waals surface area contributed by atoms with Gasteiger partial charge in [-0.15, -0.1) is 0 Å². The van der Waals surface area contributed by atoms with Crippen molar-refractivity contribution in [2.75, 3.05) is 27.1 Å². The number of halogens is 2. The molecule has 0 atom stereocenters. The van der Waals surface area contributed by atoms with Crippen LogP contribution in [0.4, 0.5) is 8.78 Å². The minimum absolute atomic E-state index is 0.180. The van der Waals surface area contributed by atoms with Crippen LogP contribution in [0.5, 0.6) is 0 Å². The molecule has 66 valence electrons. The smallest absolute Gasteiger partial charge is 0.304 e. The largest absolute Gasteiger partial charge is 0.470 e. The Morgan fingerprint density at radius 3 is 2.64 bits per heavy atom. The highest BCUT2D eigenvalue weighted by Crippen LogP contribution is 1.95. The molecule has 0 aliphatic rings. The number of methoxy groups -OCH3 is 1. The fourth-order valence-electron chi connectivity index (χ4n) is 0.346. The van der Waals surface area contributed by atoms with Gasteiger partial charge in [0, 0.05) is 7.11 Å². The van der Waals surface area contributed by atoms with E-state index in [1.165, 1.54) is 7.11 Å². The van der Waals surface area contributed by atoms with E-state index in [0.717, 1.165) is 0 Å². The van der Waals surface area contributed by atoms with Gasteiger partial charge in [0.05, 0.1) is 13.2 Å². The number of ether oxygens (including phenoxy) is 3. The van der Waals surface area contributed by atoms with E-state index >= 15 is 0 Å². The van der Waals surface area contributed by atoms with Gasteiger partial charge >= 0.3 is 6.08 Å². The fourth-order valence-corrected chi connectivity index (χ4v) is 0.346. The quantitative estimate of drug-likeness (QED) is 0.340. The lowest BCUT2D eigenvalue weighted by molar-refractivity contribution is -0.0324. The van der Waals surface area contributed by atoms with Crippen molar-refractivity contribution in [2.45, 2.75) is 0 Å². The molecule has 0 saturated heterocycles. The van der Waals surface area contributed by atoms with Gasteiger partial charge in [0.2, 0.25) is 0 Å². The molecule has 0 aromatic rings. The molecular weight excluding hydrogens is 158 g/mol. The Morgan fingerprint density at radius 1 is 1.36 bits per heavy atom. The molecule has 0 aliphatic heterocycles. The van der Waals surface area contributed by atoms with Crippen molar-refractivity contribution in [1.82, 2.24) is 0 Å². The van der Waals surface area contributed by atoms with Crippen LogP contribution in [0.2, 0.25) is 0 Å². The lowest BCUT2D eigenvalue weighted by Crippen LogP contribution is -2.03. The summed E-state index contributed by atoms with van der Waals surface area (Å²) in [4.78, 5) is 0. The van der Waals surface area contributed by atoms with E-state index in [0.29, 0.717) is 19.5 Å². The number of hydrogen-bond acceptors (Lipinski definition) is 3. The van der Waals surface area contributed by atoms with Gasteiger partial charge in [0.15, 0.2) is 13.1 Å². The highest BCUT2D eigenvalue weighted by atomic mass is 19.3. The van der Waals surface area contributed by atoms with E-state index in [1.54, 1.807) is 0 Å². The minimum atomic E-state index is -1.87. The van der Waals surface area contributed by atoms with E-state index in [1.807, 2.05) is 0 Å². The summed E-state index contributed by atoms with van der Waals surface area (Å²) in [6.45, 7) is 0.574. The van der Waals surface area contributed by atoms with Crippen molar-refractivity contribution in [1.29, 1.82) is 0 Å². The first-order valence-electron chi connectivity index (χ1n) is 2.97. The zero-order valence-corrected chi connectivity index (χ0v) is 6.18. The maximum Gasteiger partial charge on any atom is 0.304 e. The molecule has 3 nitrogen and oxygen atoms in total. The van der Waals surface area contributed by atoms with Gasteiger partial charge < -0.3 is 14.2 Å². The molecule has 0 fully saturated rings. The molecule has 0 spiro atoms. The van der Waals surface area contributed by atoms with E-state index in [-0.39, 0.29) is 6.79 Å². The van der Waals surface area contributed by atoms with Crippen LogP contribution in [-0.2, 0) is 14.2 Å². The summed E-state index contributed by atoms with van der Waals surface area (Å²) in [5.41, 5.74) is 0. The molecule has 0 unspecified atom stereocenters. The van der Waals surface area contributed by atoms with Crippen LogP contribution >= 0.6 is 0 Å². The predicted molar refractivity (Wildman–Crippen MR) is 34.1 cm³/mol. The summed E-state index contributed by atoms with van der Waals surface area (Å²) in [6.07, 6.45) is -1.53.